The average Bonchev–Trinajstić information content (AvgIpc) is 2.55. The Morgan fingerprint density at radius 1 is 1.00 bits per heavy atom. The molecule has 0 saturated heterocycles. The monoisotopic (exact) mass is 276 g/mol. The van der Waals surface area contributed by atoms with E-state index in [2.05, 4.69) is 10.3 Å². The molecule has 4 heteroatoms. The molecule has 0 atom stereocenters. The largest absolute Gasteiger partial charge is 0.322 e. The third-order valence-corrected chi connectivity index (χ3v) is 3.18. The highest BCUT2D eigenvalue weighted by Gasteiger charge is 2.10. The molecule has 102 valence electrons. The number of carbonyl (C=O) groups is 2. The van der Waals surface area contributed by atoms with Gasteiger partial charge in [0.2, 0.25) is 0 Å². The Bertz CT molecular complexity index is 805. The van der Waals surface area contributed by atoms with E-state index in [0.29, 0.717) is 22.3 Å². The third-order valence-electron chi connectivity index (χ3n) is 3.18. The summed E-state index contributed by atoms with van der Waals surface area (Å²) >= 11 is 0. The van der Waals surface area contributed by atoms with Crippen LogP contribution in [0.3, 0.4) is 0 Å². The molecular weight excluding hydrogens is 264 g/mol. The van der Waals surface area contributed by atoms with E-state index in [-0.39, 0.29) is 5.91 Å². The quantitative estimate of drug-likeness (QED) is 0.747. The minimum absolute atomic E-state index is 0.224. The summed E-state index contributed by atoms with van der Waals surface area (Å²) in [5.41, 5.74) is 2.40. The predicted molar refractivity (Wildman–Crippen MR) is 81.5 cm³/mol. The maximum Gasteiger partial charge on any atom is 0.257 e. The second-order valence-electron chi connectivity index (χ2n) is 4.57. The minimum Gasteiger partial charge on any atom is -0.322 e. The van der Waals surface area contributed by atoms with Crippen LogP contribution in [0.2, 0.25) is 0 Å². The highest BCUT2D eigenvalue weighted by Crippen LogP contribution is 2.18. The molecule has 0 bridgehead atoms. The zero-order valence-corrected chi connectivity index (χ0v) is 11.1. The van der Waals surface area contributed by atoms with Crippen LogP contribution in [0.15, 0.2) is 60.8 Å². The number of hydrogen-bond donors (Lipinski definition) is 1. The number of fused-ring (bicyclic) bond motifs is 1. The van der Waals surface area contributed by atoms with E-state index in [1.165, 1.54) is 0 Å². The first-order valence-electron chi connectivity index (χ1n) is 6.48. The normalized spacial score (nSPS) is 10.3. The van der Waals surface area contributed by atoms with E-state index in [0.717, 1.165) is 11.7 Å². The molecule has 2 aromatic carbocycles. The van der Waals surface area contributed by atoms with Gasteiger partial charge in [-0.1, -0.05) is 18.2 Å². The summed E-state index contributed by atoms with van der Waals surface area (Å²) in [6.07, 6.45) is 2.43. The molecular formula is C17H12N2O2. The van der Waals surface area contributed by atoms with Crippen LogP contribution in [-0.4, -0.2) is 17.2 Å². The fourth-order valence-electron chi connectivity index (χ4n) is 2.13. The van der Waals surface area contributed by atoms with Crippen LogP contribution < -0.4 is 5.32 Å². The van der Waals surface area contributed by atoms with Crippen LogP contribution in [0.1, 0.15) is 20.7 Å². The molecule has 1 heterocycles. The number of amides is 1. The van der Waals surface area contributed by atoms with Crippen molar-refractivity contribution < 1.29 is 9.59 Å². The van der Waals surface area contributed by atoms with Crippen molar-refractivity contribution in [2.45, 2.75) is 0 Å². The summed E-state index contributed by atoms with van der Waals surface area (Å²) in [6, 6.07) is 15.9. The lowest BCUT2D eigenvalue weighted by Crippen LogP contribution is -2.12. The molecule has 1 N–H and O–H groups in total. The molecule has 1 aromatic heterocycles. The first-order valence-corrected chi connectivity index (χ1v) is 6.48. The number of para-hydroxylation sites is 1. The van der Waals surface area contributed by atoms with Gasteiger partial charge in [0.15, 0.2) is 0 Å². The number of nitrogens with zero attached hydrogens (tertiary/aromatic N) is 1. The highest BCUT2D eigenvalue weighted by atomic mass is 16.1. The van der Waals surface area contributed by atoms with Crippen molar-refractivity contribution in [1.82, 2.24) is 4.98 Å². The lowest BCUT2D eigenvalue weighted by atomic mass is 10.1. The number of hydrogen-bond acceptors (Lipinski definition) is 3. The van der Waals surface area contributed by atoms with Gasteiger partial charge in [0.25, 0.3) is 5.91 Å². The van der Waals surface area contributed by atoms with Crippen LogP contribution in [0.25, 0.3) is 10.9 Å². The van der Waals surface area contributed by atoms with Crippen molar-refractivity contribution >= 4 is 28.8 Å². The second kappa shape index (κ2) is 5.54. The number of nitrogens with one attached hydrogen (secondary N) is 1. The van der Waals surface area contributed by atoms with Gasteiger partial charge in [0, 0.05) is 22.8 Å². The summed E-state index contributed by atoms with van der Waals surface area (Å²) in [7, 11) is 0. The van der Waals surface area contributed by atoms with Crippen LogP contribution in [0.5, 0.6) is 0 Å². The molecule has 0 unspecified atom stereocenters. The van der Waals surface area contributed by atoms with Gasteiger partial charge in [0.1, 0.15) is 6.29 Å². The molecule has 21 heavy (non-hydrogen) atoms. The molecule has 0 aliphatic carbocycles. The Kier molecular flexibility index (Phi) is 3.43. The lowest BCUT2D eigenvalue weighted by molar-refractivity contribution is 0.102. The fourth-order valence-corrected chi connectivity index (χ4v) is 2.13. The average molecular weight is 276 g/mol. The van der Waals surface area contributed by atoms with Gasteiger partial charge < -0.3 is 5.32 Å². The van der Waals surface area contributed by atoms with Crippen molar-refractivity contribution in [2.75, 3.05) is 5.32 Å². The van der Waals surface area contributed by atoms with Crippen LogP contribution in [0.4, 0.5) is 5.69 Å². The maximum atomic E-state index is 12.4. The maximum absolute atomic E-state index is 12.4. The number of benzene rings is 2. The second-order valence-corrected chi connectivity index (χ2v) is 4.57. The molecule has 0 aliphatic heterocycles. The van der Waals surface area contributed by atoms with E-state index in [4.69, 9.17) is 0 Å². The molecule has 4 nitrogen and oxygen atoms in total. The van der Waals surface area contributed by atoms with Crippen molar-refractivity contribution in [2.24, 2.45) is 0 Å². The van der Waals surface area contributed by atoms with Crippen LogP contribution >= 0.6 is 0 Å². The Morgan fingerprint density at radius 2 is 1.76 bits per heavy atom. The standard InChI is InChI=1S/C17H12N2O2/c20-11-12-6-8-14(9-7-12)19-17(21)15-5-1-3-13-4-2-10-18-16(13)15/h1-11H,(H,19,21). The summed E-state index contributed by atoms with van der Waals surface area (Å²) in [4.78, 5) is 27.2. The van der Waals surface area contributed by atoms with Crippen molar-refractivity contribution in [3.05, 3.63) is 71.9 Å². The van der Waals surface area contributed by atoms with Gasteiger partial charge in [0.05, 0.1) is 11.1 Å². The summed E-state index contributed by atoms with van der Waals surface area (Å²) in [5, 5.41) is 3.72. The van der Waals surface area contributed by atoms with Crippen molar-refractivity contribution in [1.29, 1.82) is 0 Å². The molecule has 0 saturated carbocycles. The van der Waals surface area contributed by atoms with E-state index < -0.39 is 0 Å². The third kappa shape index (κ3) is 2.65. The Hall–Kier alpha value is -3.01. The zero-order valence-electron chi connectivity index (χ0n) is 11.1. The fraction of sp³-hybridized carbons (Fsp3) is 0. The Labute approximate surface area is 121 Å². The van der Waals surface area contributed by atoms with Crippen LogP contribution in [-0.2, 0) is 0 Å². The smallest absolute Gasteiger partial charge is 0.257 e. The van der Waals surface area contributed by atoms with E-state index in [9.17, 15) is 9.59 Å². The van der Waals surface area contributed by atoms with Gasteiger partial charge in [-0.25, -0.2) is 0 Å². The summed E-state index contributed by atoms with van der Waals surface area (Å²) in [6.45, 7) is 0. The topological polar surface area (TPSA) is 59.1 Å². The molecule has 3 aromatic rings. The van der Waals surface area contributed by atoms with Gasteiger partial charge in [-0.15, -0.1) is 0 Å². The van der Waals surface area contributed by atoms with Gasteiger partial charge in [-0.2, -0.15) is 0 Å². The number of pyridine rings is 1. The first kappa shape index (κ1) is 13.0. The van der Waals surface area contributed by atoms with Crippen molar-refractivity contribution in [3.8, 4) is 0 Å². The summed E-state index contributed by atoms with van der Waals surface area (Å²) in [5.74, 6) is -0.224. The number of aldehydes is 1. The number of aromatic nitrogens is 1. The number of rotatable bonds is 3. The lowest BCUT2D eigenvalue weighted by Gasteiger charge is -2.07. The summed E-state index contributed by atoms with van der Waals surface area (Å²) < 4.78 is 0. The number of carbonyl (C=O) groups excluding carboxylic acids is 2. The Balaban J connectivity index is 1.91. The van der Waals surface area contributed by atoms with Crippen molar-refractivity contribution in [3.63, 3.8) is 0 Å². The Morgan fingerprint density at radius 3 is 2.52 bits per heavy atom. The van der Waals surface area contributed by atoms with E-state index in [1.807, 2.05) is 24.3 Å². The first-order chi connectivity index (χ1) is 10.3. The molecule has 1 amide bonds. The zero-order chi connectivity index (χ0) is 14.7. The van der Waals surface area contributed by atoms with Gasteiger partial charge in [-0.3, -0.25) is 14.6 Å². The highest BCUT2D eigenvalue weighted by molar-refractivity contribution is 6.11. The van der Waals surface area contributed by atoms with Gasteiger partial charge >= 0.3 is 0 Å². The molecule has 0 spiro atoms. The molecule has 0 aliphatic rings. The van der Waals surface area contributed by atoms with E-state index >= 15 is 0 Å². The molecule has 3 rings (SSSR count). The number of anilines is 1. The molecule has 0 fully saturated rings. The van der Waals surface area contributed by atoms with Gasteiger partial charge in [-0.05, 0) is 36.4 Å². The van der Waals surface area contributed by atoms with E-state index in [1.54, 1.807) is 36.5 Å². The molecule has 0 radical (unpaired) electrons. The predicted octanol–water partition coefficient (Wildman–Crippen LogP) is 3.30. The SMILES string of the molecule is O=Cc1ccc(NC(=O)c2cccc3cccnc23)cc1. The van der Waals surface area contributed by atoms with Crippen LogP contribution in [0, 0.1) is 0 Å². The minimum atomic E-state index is -0.224.